The molecule has 1 N–H and O–H groups in total. The van der Waals surface area contributed by atoms with Gasteiger partial charge in [0.1, 0.15) is 6.54 Å². The van der Waals surface area contributed by atoms with Crippen molar-refractivity contribution in [2.45, 2.75) is 26.4 Å². The van der Waals surface area contributed by atoms with Crippen LogP contribution in [0, 0.1) is 6.92 Å². The second kappa shape index (κ2) is 5.51. The van der Waals surface area contributed by atoms with Crippen molar-refractivity contribution in [3.8, 4) is 0 Å². The van der Waals surface area contributed by atoms with E-state index >= 15 is 0 Å². The highest BCUT2D eigenvalue weighted by Crippen LogP contribution is 2.10. The predicted molar refractivity (Wildman–Crippen MR) is 68.5 cm³/mol. The van der Waals surface area contributed by atoms with Crippen LogP contribution < -0.4 is 11.1 Å². The lowest BCUT2D eigenvalue weighted by Gasteiger charge is -2.14. The second-order valence-corrected chi connectivity index (χ2v) is 4.28. The van der Waals surface area contributed by atoms with Gasteiger partial charge in [-0.2, -0.15) is 0 Å². The molecule has 19 heavy (non-hydrogen) atoms. The first kappa shape index (κ1) is 13.1. The Kier molecular flexibility index (Phi) is 3.79. The Morgan fingerprint density at radius 2 is 2.11 bits per heavy atom. The third-order valence-electron chi connectivity index (χ3n) is 2.85. The number of hydrogen-bond acceptors (Lipinski definition) is 4. The lowest BCUT2D eigenvalue weighted by Crippen LogP contribution is -2.33. The maximum Gasteiger partial charge on any atom is 0.442 e. The molecule has 0 fully saturated rings. The molecule has 2 aromatic rings. The summed E-state index contributed by atoms with van der Waals surface area (Å²) in [6.07, 6.45) is 0. The molecule has 0 saturated heterocycles. The van der Waals surface area contributed by atoms with Crippen LogP contribution in [0.2, 0.25) is 0 Å². The highest BCUT2D eigenvalue weighted by atomic mass is 16.5. The predicted octanol–water partition coefficient (Wildman–Crippen LogP) is 1.02. The smallest absolute Gasteiger partial charge is 0.348 e. The summed E-state index contributed by atoms with van der Waals surface area (Å²) in [6, 6.07) is 9.48. The van der Waals surface area contributed by atoms with E-state index in [0.717, 1.165) is 5.56 Å². The molecule has 6 heteroatoms. The van der Waals surface area contributed by atoms with Gasteiger partial charge in [-0.15, -0.1) is 0 Å². The van der Waals surface area contributed by atoms with Gasteiger partial charge in [0.25, 0.3) is 0 Å². The van der Waals surface area contributed by atoms with Crippen molar-refractivity contribution in [3.63, 3.8) is 0 Å². The van der Waals surface area contributed by atoms with Crippen LogP contribution in [0.5, 0.6) is 0 Å². The molecule has 1 unspecified atom stereocenters. The fourth-order valence-electron chi connectivity index (χ4n) is 1.77. The number of nitrogens with zero attached hydrogens (tertiary/aromatic N) is 2. The van der Waals surface area contributed by atoms with E-state index in [-0.39, 0.29) is 18.5 Å². The van der Waals surface area contributed by atoms with Gasteiger partial charge in [0, 0.05) is 0 Å². The van der Waals surface area contributed by atoms with Crippen LogP contribution in [0.25, 0.3) is 0 Å². The number of hydrogen-bond donors (Lipinski definition) is 1. The van der Waals surface area contributed by atoms with Gasteiger partial charge < -0.3 is 5.32 Å². The number of benzene rings is 1. The van der Waals surface area contributed by atoms with Crippen LogP contribution in [0.15, 0.2) is 39.6 Å². The monoisotopic (exact) mass is 261 g/mol. The van der Waals surface area contributed by atoms with Gasteiger partial charge in [-0.3, -0.25) is 13.9 Å². The van der Waals surface area contributed by atoms with E-state index in [4.69, 9.17) is 0 Å². The van der Waals surface area contributed by atoms with E-state index < -0.39 is 5.76 Å². The van der Waals surface area contributed by atoms with Crippen molar-refractivity contribution in [1.82, 2.24) is 15.0 Å². The van der Waals surface area contributed by atoms with Crippen LogP contribution in [0.3, 0.4) is 0 Å². The van der Waals surface area contributed by atoms with Crippen LogP contribution in [-0.2, 0) is 11.3 Å². The van der Waals surface area contributed by atoms with Crippen molar-refractivity contribution >= 4 is 5.91 Å². The van der Waals surface area contributed by atoms with E-state index in [9.17, 15) is 9.59 Å². The highest BCUT2D eigenvalue weighted by molar-refractivity contribution is 5.76. The molecule has 2 rings (SSSR count). The molecule has 0 radical (unpaired) electrons. The first-order valence-electron chi connectivity index (χ1n) is 5.95. The Hall–Kier alpha value is -2.37. The molecular weight excluding hydrogens is 246 g/mol. The number of aryl methyl sites for hydroxylation is 1. The van der Waals surface area contributed by atoms with E-state index in [1.54, 1.807) is 6.92 Å². The summed E-state index contributed by atoms with van der Waals surface area (Å²) in [4.78, 5) is 23.1. The molecule has 0 saturated carbocycles. The number of rotatable bonds is 4. The topological polar surface area (TPSA) is 77.1 Å². The molecule has 1 atom stereocenters. The molecule has 0 spiro atoms. The Balaban J connectivity index is 2.01. The number of carbonyl (C=O) groups excluding carboxylic acids is 1. The summed E-state index contributed by atoms with van der Waals surface area (Å²) in [5, 5.41) is 6.32. The van der Waals surface area contributed by atoms with E-state index in [1.165, 1.54) is 4.57 Å². The van der Waals surface area contributed by atoms with E-state index in [1.807, 2.05) is 37.3 Å². The van der Waals surface area contributed by atoms with Crippen molar-refractivity contribution in [3.05, 3.63) is 52.3 Å². The average molecular weight is 261 g/mol. The first-order chi connectivity index (χ1) is 9.08. The quantitative estimate of drug-likeness (QED) is 0.891. The summed E-state index contributed by atoms with van der Waals surface area (Å²) in [5.74, 6) is -0.503. The van der Waals surface area contributed by atoms with Gasteiger partial charge in [-0.05, 0) is 19.4 Å². The fourth-order valence-corrected chi connectivity index (χ4v) is 1.77. The molecule has 1 amide bonds. The zero-order valence-corrected chi connectivity index (χ0v) is 10.8. The van der Waals surface area contributed by atoms with Crippen LogP contribution in [0.1, 0.15) is 24.4 Å². The minimum absolute atomic E-state index is 0.0919. The summed E-state index contributed by atoms with van der Waals surface area (Å²) in [5.41, 5.74) is 1.00. The van der Waals surface area contributed by atoms with Crippen molar-refractivity contribution in [1.29, 1.82) is 0 Å². The molecule has 0 aliphatic carbocycles. The third kappa shape index (κ3) is 3.09. The largest absolute Gasteiger partial charge is 0.442 e. The first-order valence-corrected chi connectivity index (χ1v) is 5.95. The van der Waals surface area contributed by atoms with E-state index in [0.29, 0.717) is 5.82 Å². The molecule has 6 nitrogen and oxygen atoms in total. The Bertz CT molecular complexity index is 616. The van der Waals surface area contributed by atoms with Crippen LogP contribution >= 0.6 is 0 Å². The van der Waals surface area contributed by atoms with Gasteiger partial charge in [-0.1, -0.05) is 35.5 Å². The Labute approximate surface area is 110 Å². The van der Waals surface area contributed by atoms with Gasteiger partial charge >= 0.3 is 5.76 Å². The molecule has 0 bridgehead atoms. The Morgan fingerprint density at radius 1 is 1.42 bits per heavy atom. The SMILES string of the molecule is Cc1noc(=O)n1CC(=O)NC(C)c1ccccc1. The molecule has 100 valence electrons. The summed E-state index contributed by atoms with van der Waals surface area (Å²) in [6.45, 7) is 3.40. The zero-order chi connectivity index (χ0) is 13.8. The lowest BCUT2D eigenvalue weighted by molar-refractivity contribution is -0.122. The summed E-state index contributed by atoms with van der Waals surface area (Å²) >= 11 is 0. The zero-order valence-electron chi connectivity index (χ0n) is 10.8. The number of carbonyl (C=O) groups is 1. The normalized spacial score (nSPS) is 12.1. The minimum Gasteiger partial charge on any atom is -0.348 e. The maximum atomic E-state index is 11.9. The molecule has 0 aliphatic heterocycles. The second-order valence-electron chi connectivity index (χ2n) is 4.28. The molecule has 1 heterocycles. The number of nitrogens with one attached hydrogen (secondary N) is 1. The number of aromatic nitrogens is 2. The standard InChI is InChI=1S/C13H15N3O3/c1-9(11-6-4-3-5-7-11)14-12(17)8-16-10(2)15-19-13(16)18/h3-7,9H,8H2,1-2H3,(H,14,17). The van der Waals surface area contributed by atoms with E-state index in [2.05, 4.69) is 15.0 Å². The lowest BCUT2D eigenvalue weighted by atomic mass is 10.1. The van der Waals surface area contributed by atoms with Crippen LogP contribution in [0.4, 0.5) is 0 Å². The molecule has 0 aliphatic rings. The maximum absolute atomic E-state index is 11.9. The number of amides is 1. The third-order valence-corrected chi connectivity index (χ3v) is 2.85. The van der Waals surface area contributed by atoms with Crippen molar-refractivity contribution in [2.75, 3.05) is 0 Å². The van der Waals surface area contributed by atoms with Gasteiger partial charge in [-0.25, -0.2) is 4.79 Å². The van der Waals surface area contributed by atoms with Gasteiger partial charge in [0.05, 0.1) is 6.04 Å². The molecular formula is C13H15N3O3. The summed E-state index contributed by atoms with van der Waals surface area (Å²) < 4.78 is 5.65. The highest BCUT2D eigenvalue weighted by Gasteiger charge is 2.13. The summed E-state index contributed by atoms with van der Waals surface area (Å²) in [7, 11) is 0. The molecule has 1 aromatic carbocycles. The van der Waals surface area contributed by atoms with Crippen molar-refractivity contribution < 1.29 is 9.32 Å². The van der Waals surface area contributed by atoms with Crippen molar-refractivity contribution in [2.24, 2.45) is 0 Å². The minimum atomic E-state index is -0.625. The Morgan fingerprint density at radius 3 is 2.68 bits per heavy atom. The van der Waals surface area contributed by atoms with Crippen LogP contribution in [-0.4, -0.2) is 15.6 Å². The average Bonchev–Trinajstić information content (AvgIpc) is 2.71. The molecule has 1 aromatic heterocycles. The fraction of sp³-hybridized carbons (Fsp3) is 0.308. The van der Waals surface area contributed by atoms with Gasteiger partial charge in [0.2, 0.25) is 5.91 Å². The van der Waals surface area contributed by atoms with Gasteiger partial charge in [0.15, 0.2) is 5.82 Å².